The lowest BCUT2D eigenvalue weighted by Crippen LogP contribution is -2.45. The van der Waals surface area contributed by atoms with Gasteiger partial charge >= 0.3 is 0 Å². The fourth-order valence-corrected chi connectivity index (χ4v) is 3.28. The van der Waals surface area contributed by atoms with Gasteiger partial charge in [-0.15, -0.1) is 0 Å². The van der Waals surface area contributed by atoms with Crippen molar-refractivity contribution in [2.75, 3.05) is 33.4 Å². The van der Waals surface area contributed by atoms with E-state index in [4.69, 9.17) is 9.15 Å². The average Bonchev–Trinajstić information content (AvgIpc) is 3.24. The van der Waals surface area contributed by atoms with Gasteiger partial charge in [-0.05, 0) is 40.9 Å². The summed E-state index contributed by atoms with van der Waals surface area (Å²) in [7, 11) is 1.72. The predicted molar refractivity (Wildman–Crippen MR) is 96.5 cm³/mol. The molecule has 0 saturated carbocycles. The van der Waals surface area contributed by atoms with Crippen LogP contribution in [0.15, 0.2) is 33.4 Å². The number of aromatic nitrogens is 2. The summed E-state index contributed by atoms with van der Waals surface area (Å²) in [5, 5.41) is 7.26. The summed E-state index contributed by atoms with van der Waals surface area (Å²) in [6.45, 7) is 4.15. The van der Waals surface area contributed by atoms with Crippen molar-refractivity contribution in [2.24, 2.45) is 0 Å². The molecule has 25 heavy (non-hydrogen) atoms. The van der Waals surface area contributed by atoms with Crippen molar-refractivity contribution in [1.29, 1.82) is 0 Å². The molecule has 1 fully saturated rings. The van der Waals surface area contributed by atoms with Crippen LogP contribution in [0.2, 0.25) is 0 Å². The van der Waals surface area contributed by atoms with E-state index in [1.165, 1.54) is 0 Å². The molecule has 0 aliphatic carbocycles. The Balaban J connectivity index is 1.47. The van der Waals surface area contributed by atoms with Crippen LogP contribution in [-0.4, -0.2) is 60.0 Å². The number of methoxy groups -OCH3 is 1. The highest BCUT2D eigenvalue weighted by molar-refractivity contribution is 9.10. The normalized spacial score (nSPS) is 16.2. The van der Waals surface area contributed by atoms with Crippen LogP contribution in [0.1, 0.15) is 29.2 Å². The van der Waals surface area contributed by atoms with Gasteiger partial charge in [-0.3, -0.25) is 9.48 Å². The Hall–Kier alpha value is -1.64. The minimum absolute atomic E-state index is 0.150. The third-order valence-electron chi connectivity index (χ3n) is 4.34. The number of nitrogens with zero attached hydrogens (tertiary/aromatic N) is 3. The van der Waals surface area contributed by atoms with E-state index in [9.17, 15) is 4.79 Å². The first-order valence-corrected chi connectivity index (χ1v) is 9.22. The number of hydrogen-bond donors (Lipinski definition) is 1. The zero-order valence-electron chi connectivity index (χ0n) is 14.3. The lowest BCUT2D eigenvalue weighted by molar-refractivity contribution is 0.0864. The molecule has 0 aromatic carbocycles. The number of halogens is 1. The zero-order chi connectivity index (χ0) is 17.6. The molecule has 0 unspecified atom stereocenters. The number of amides is 1. The summed E-state index contributed by atoms with van der Waals surface area (Å²) >= 11 is 3.36. The maximum Gasteiger partial charge on any atom is 0.287 e. The van der Waals surface area contributed by atoms with Crippen molar-refractivity contribution in [3.63, 3.8) is 0 Å². The maximum atomic E-state index is 12.4. The SMILES string of the molecule is COCCN1CCC(NC(=O)c2ccc(Cn3cc(Br)cn3)o2)CC1. The number of carbonyl (C=O) groups is 1. The third kappa shape index (κ3) is 5.17. The second kappa shape index (κ2) is 8.64. The highest BCUT2D eigenvalue weighted by atomic mass is 79.9. The maximum absolute atomic E-state index is 12.4. The molecule has 136 valence electrons. The standard InChI is InChI=1S/C17H23BrN4O3/c1-24-9-8-21-6-4-14(5-7-21)20-17(23)16-3-2-15(25-16)12-22-11-13(18)10-19-22/h2-3,10-11,14H,4-9,12H2,1H3,(H,20,23). The van der Waals surface area contributed by atoms with E-state index in [1.807, 2.05) is 12.3 Å². The van der Waals surface area contributed by atoms with Crippen LogP contribution < -0.4 is 5.32 Å². The quantitative estimate of drug-likeness (QED) is 0.756. The van der Waals surface area contributed by atoms with Crippen LogP contribution in [0.4, 0.5) is 0 Å². The van der Waals surface area contributed by atoms with E-state index >= 15 is 0 Å². The molecule has 1 aliphatic heterocycles. The van der Waals surface area contributed by atoms with Crippen LogP contribution in [0, 0.1) is 0 Å². The van der Waals surface area contributed by atoms with Crippen molar-refractivity contribution in [1.82, 2.24) is 20.0 Å². The monoisotopic (exact) mass is 410 g/mol. The Morgan fingerprint density at radius 1 is 1.44 bits per heavy atom. The molecule has 2 aromatic rings. The number of furan rings is 1. The lowest BCUT2D eigenvalue weighted by atomic mass is 10.0. The highest BCUT2D eigenvalue weighted by Crippen LogP contribution is 2.14. The molecule has 1 aliphatic rings. The number of piperidine rings is 1. The minimum atomic E-state index is -0.150. The van der Waals surface area contributed by atoms with Crippen LogP contribution >= 0.6 is 15.9 Å². The van der Waals surface area contributed by atoms with E-state index in [1.54, 1.807) is 24.1 Å². The molecule has 0 atom stereocenters. The Kier molecular flexibility index (Phi) is 6.28. The Bertz CT molecular complexity index is 692. The van der Waals surface area contributed by atoms with Crippen molar-refractivity contribution in [3.05, 3.63) is 40.5 Å². The van der Waals surface area contributed by atoms with Gasteiger partial charge in [0.15, 0.2) is 5.76 Å². The Morgan fingerprint density at radius 3 is 2.92 bits per heavy atom. The third-order valence-corrected chi connectivity index (χ3v) is 4.75. The smallest absolute Gasteiger partial charge is 0.287 e. The highest BCUT2D eigenvalue weighted by Gasteiger charge is 2.22. The van der Waals surface area contributed by atoms with Gasteiger partial charge in [-0.1, -0.05) is 0 Å². The number of carbonyl (C=O) groups excluding carboxylic acids is 1. The predicted octanol–water partition coefficient (Wildman–Crippen LogP) is 2.13. The van der Waals surface area contributed by atoms with Crippen LogP contribution in [0.25, 0.3) is 0 Å². The molecule has 3 heterocycles. The second-order valence-corrected chi connectivity index (χ2v) is 7.12. The van der Waals surface area contributed by atoms with Crippen LogP contribution in [0.3, 0.4) is 0 Å². The average molecular weight is 411 g/mol. The molecule has 0 radical (unpaired) electrons. The number of ether oxygens (including phenoxy) is 1. The van der Waals surface area contributed by atoms with Gasteiger partial charge in [0.1, 0.15) is 5.76 Å². The van der Waals surface area contributed by atoms with Crippen molar-refractivity contribution >= 4 is 21.8 Å². The number of nitrogens with one attached hydrogen (secondary N) is 1. The molecular formula is C17H23BrN4O3. The molecular weight excluding hydrogens is 388 g/mol. The van der Waals surface area contributed by atoms with Gasteiger partial charge in [-0.25, -0.2) is 0 Å². The van der Waals surface area contributed by atoms with Crippen LogP contribution in [0.5, 0.6) is 0 Å². The van der Waals surface area contributed by atoms with Gasteiger partial charge in [0.05, 0.1) is 23.8 Å². The second-order valence-electron chi connectivity index (χ2n) is 6.20. The summed E-state index contributed by atoms with van der Waals surface area (Å²) in [5.74, 6) is 0.904. The molecule has 3 rings (SSSR count). The Labute approximate surface area is 155 Å². The van der Waals surface area contributed by atoms with Gasteiger partial charge in [-0.2, -0.15) is 5.10 Å². The Morgan fingerprint density at radius 2 is 2.24 bits per heavy atom. The molecule has 1 amide bonds. The molecule has 8 heteroatoms. The molecule has 7 nitrogen and oxygen atoms in total. The van der Waals surface area contributed by atoms with Crippen molar-refractivity contribution in [3.8, 4) is 0 Å². The largest absolute Gasteiger partial charge is 0.454 e. The van der Waals surface area contributed by atoms with Crippen molar-refractivity contribution < 1.29 is 13.9 Å². The number of likely N-dealkylation sites (tertiary alicyclic amines) is 1. The fraction of sp³-hybridized carbons (Fsp3) is 0.529. The summed E-state index contributed by atoms with van der Waals surface area (Å²) in [4.78, 5) is 14.7. The first-order valence-electron chi connectivity index (χ1n) is 8.43. The molecule has 0 bridgehead atoms. The topological polar surface area (TPSA) is 72.5 Å². The summed E-state index contributed by atoms with van der Waals surface area (Å²) in [6.07, 6.45) is 5.48. The molecule has 0 spiro atoms. The van der Waals surface area contributed by atoms with Gasteiger partial charge in [0, 0.05) is 39.0 Å². The van der Waals surface area contributed by atoms with E-state index in [2.05, 4.69) is 31.2 Å². The van der Waals surface area contributed by atoms with Crippen LogP contribution in [-0.2, 0) is 11.3 Å². The van der Waals surface area contributed by atoms with E-state index in [0.29, 0.717) is 18.1 Å². The number of rotatable bonds is 7. The number of hydrogen-bond acceptors (Lipinski definition) is 5. The summed E-state index contributed by atoms with van der Waals surface area (Å²) in [5.41, 5.74) is 0. The van der Waals surface area contributed by atoms with E-state index in [-0.39, 0.29) is 11.9 Å². The first-order chi connectivity index (χ1) is 12.1. The van der Waals surface area contributed by atoms with Gasteiger partial charge in [0.2, 0.25) is 0 Å². The fourth-order valence-electron chi connectivity index (χ4n) is 2.95. The summed E-state index contributed by atoms with van der Waals surface area (Å²) < 4.78 is 13.4. The zero-order valence-corrected chi connectivity index (χ0v) is 15.9. The van der Waals surface area contributed by atoms with Gasteiger partial charge < -0.3 is 19.4 Å². The minimum Gasteiger partial charge on any atom is -0.454 e. The van der Waals surface area contributed by atoms with E-state index < -0.39 is 0 Å². The molecule has 1 saturated heterocycles. The molecule has 2 aromatic heterocycles. The first kappa shape index (κ1) is 18.2. The summed E-state index contributed by atoms with van der Waals surface area (Å²) in [6, 6.07) is 3.73. The lowest BCUT2D eigenvalue weighted by Gasteiger charge is -2.31. The van der Waals surface area contributed by atoms with Crippen molar-refractivity contribution in [2.45, 2.75) is 25.4 Å². The molecule has 1 N–H and O–H groups in total. The van der Waals surface area contributed by atoms with E-state index in [0.717, 1.165) is 43.6 Å². The van der Waals surface area contributed by atoms with Gasteiger partial charge in [0.25, 0.3) is 5.91 Å².